The summed E-state index contributed by atoms with van der Waals surface area (Å²) in [5.41, 5.74) is 2.24. The average Bonchev–Trinajstić information content (AvgIpc) is 3.11. The van der Waals surface area contributed by atoms with Crippen LogP contribution in [0, 0.1) is 24.0 Å². The molecule has 0 aliphatic carbocycles. The number of ketones is 1. The number of aromatic nitrogens is 4. The van der Waals surface area contributed by atoms with E-state index in [4.69, 9.17) is 0 Å². The Morgan fingerprint density at radius 3 is 2.52 bits per heavy atom. The number of hydrogen-bond donors (Lipinski definition) is 0. The van der Waals surface area contributed by atoms with Gasteiger partial charge < -0.3 is 0 Å². The summed E-state index contributed by atoms with van der Waals surface area (Å²) in [6.45, 7) is 3.75. The molecule has 0 bridgehead atoms. The van der Waals surface area contributed by atoms with Crippen molar-refractivity contribution in [2.75, 3.05) is 0 Å². The molecular formula is C20H15N5O3S. The zero-order chi connectivity index (χ0) is 20.5. The summed E-state index contributed by atoms with van der Waals surface area (Å²) < 4.78 is 1.59. The first-order valence-electron chi connectivity index (χ1n) is 8.69. The quantitative estimate of drug-likeness (QED) is 0.280. The molecule has 2 aromatic carbocycles. The van der Waals surface area contributed by atoms with Crippen LogP contribution in [0.25, 0.3) is 5.78 Å². The van der Waals surface area contributed by atoms with E-state index in [0.29, 0.717) is 21.4 Å². The first-order valence-corrected chi connectivity index (χ1v) is 9.51. The minimum absolute atomic E-state index is 0.170. The van der Waals surface area contributed by atoms with Gasteiger partial charge in [-0.2, -0.15) is 4.98 Å². The van der Waals surface area contributed by atoms with Gasteiger partial charge in [-0.15, -0.1) is 5.10 Å². The lowest BCUT2D eigenvalue weighted by Gasteiger charge is -2.04. The average molecular weight is 405 g/mol. The minimum atomic E-state index is -0.506. The van der Waals surface area contributed by atoms with E-state index in [1.54, 1.807) is 47.0 Å². The van der Waals surface area contributed by atoms with Crippen LogP contribution < -0.4 is 0 Å². The molecule has 0 unspecified atom stereocenters. The van der Waals surface area contributed by atoms with Crippen LogP contribution in [0.3, 0.4) is 0 Å². The maximum atomic E-state index is 12.6. The van der Waals surface area contributed by atoms with Gasteiger partial charge in [-0.1, -0.05) is 30.3 Å². The van der Waals surface area contributed by atoms with E-state index in [9.17, 15) is 14.9 Å². The second-order valence-electron chi connectivity index (χ2n) is 6.38. The molecular weight excluding hydrogens is 390 g/mol. The number of fused-ring (bicyclic) bond motifs is 1. The Labute approximate surface area is 169 Å². The molecule has 0 N–H and O–H groups in total. The van der Waals surface area contributed by atoms with E-state index in [2.05, 4.69) is 15.1 Å². The largest absolute Gasteiger partial charge is 0.289 e. The van der Waals surface area contributed by atoms with Gasteiger partial charge in [0.05, 0.1) is 9.82 Å². The highest BCUT2D eigenvalue weighted by atomic mass is 32.2. The van der Waals surface area contributed by atoms with Crippen molar-refractivity contribution < 1.29 is 9.72 Å². The zero-order valence-corrected chi connectivity index (χ0v) is 16.4. The van der Waals surface area contributed by atoms with Crippen LogP contribution in [0.2, 0.25) is 0 Å². The van der Waals surface area contributed by atoms with E-state index in [1.165, 1.54) is 6.07 Å². The third-order valence-electron chi connectivity index (χ3n) is 4.25. The molecule has 29 heavy (non-hydrogen) atoms. The second-order valence-corrected chi connectivity index (χ2v) is 7.39. The predicted octanol–water partition coefficient (Wildman–Crippen LogP) is 4.03. The fourth-order valence-electron chi connectivity index (χ4n) is 2.93. The van der Waals surface area contributed by atoms with Gasteiger partial charge >= 0.3 is 0 Å². The first-order chi connectivity index (χ1) is 13.9. The summed E-state index contributed by atoms with van der Waals surface area (Å²) in [6.07, 6.45) is 0. The fourth-order valence-corrected chi connectivity index (χ4v) is 3.75. The molecule has 2 aromatic heterocycles. The van der Waals surface area contributed by atoms with Gasteiger partial charge in [-0.3, -0.25) is 14.9 Å². The maximum absolute atomic E-state index is 12.6. The lowest BCUT2D eigenvalue weighted by molar-refractivity contribution is -0.387. The molecule has 9 heteroatoms. The van der Waals surface area contributed by atoms with Gasteiger partial charge in [-0.25, -0.2) is 9.50 Å². The third kappa shape index (κ3) is 3.72. The van der Waals surface area contributed by atoms with Crippen LogP contribution in [0.1, 0.15) is 27.3 Å². The molecule has 4 rings (SSSR count). The molecule has 0 saturated heterocycles. The number of hydrogen-bond acceptors (Lipinski definition) is 7. The Bertz CT molecular complexity index is 1250. The Hall–Kier alpha value is -3.59. The highest BCUT2D eigenvalue weighted by molar-refractivity contribution is 7.99. The van der Waals surface area contributed by atoms with Crippen molar-refractivity contribution in [1.82, 2.24) is 19.6 Å². The van der Waals surface area contributed by atoms with Crippen molar-refractivity contribution in [1.29, 1.82) is 0 Å². The molecule has 0 amide bonds. The minimum Gasteiger partial charge on any atom is -0.289 e. The highest BCUT2D eigenvalue weighted by Crippen LogP contribution is 2.34. The van der Waals surface area contributed by atoms with Crippen LogP contribution in [0.4, 0.5) is 5.69 Å². The van der Waals surface area contributed by atoms with Crippen molar-refractivity contribution in [3.63, 3.8) is 0 Å². The van der Waals surface area contributed by atoms with Gasteiger partial charge in [0, 0.05) is 28.6 Å². The number of benzene rings is 2. The number of rotatable bonds is 5. The number of carbonyl (C=O) groups is 1. The van der Waals surface area contributed by atoms with Crippen molar-refractivity contribution in [2.24, 2.45) is 0 Å². The fraction of sp³-hybridized carbons (Fsp3) is 0.100. The lowest BCUT2D eigenvalue weighted by atomic mass is 10.0. The van der Waals surface area contributed by atoms with E-state index < -0.39 is 4.92 Å². The number of nitro benzene ring substituents is 1. The van der Waals surface area contributed by atoms with Crippen LogP contribution >= 0.6 is 11.8 Å². The lowest BCUT2D eigenvalue weighted by Crippen LogP contribution is -2.02. The van der Waals surface area contributed by atoms with Crippen LogP contribution in [-0.4, -0.2) is 30.3 Å². The Morgan fingerprint density at radius 1 is 1.03 bits per heavy atom. The third-order valence-corrected chi connectivity index (χ3v) is 5.17. The molecule has 144 valence electrons. The summed E-state index contributed by atoms with van der Waals surface area (Å²) in [6, 6.07) is 15.0. The predicted molar refractivity (Wildman–Crippen MR) is 107 cm³/mol. The molecule has 0 aliphatic heterocycles. The normalized spacial score (nSPS) is 11.0. The van der Waals surface area contributed by atoms with Gasteiger partial charge in [0.15, 0.2) is 5.78 Å². The van der Waals surface area contributed by atoms with Crippen molar-refractivity contribution in [2.45, 2.75) is 23.9 Å². The molecule has 0 saturated carbocycles. The van der Waals surface area contributed by atoms with E-state index in [-0.39, 0.29) is 17.0 Å². The van der Waals surface area contributed by atoms with Crippen LogP contribution in [0.5, 0.6) is 0 Å². The topological polar surface area (TPSA) is 103 Å². The van der Waals surface area contributed by atoms with E-state index in [1.807, 2.05) is 19.9 Å². The van der Waals surface area contributed by atoms with E-state index in [0.717, 1.165) is 23.1 Å². The van der Waals surface area contributed by atoms with Crippen molar-refractivity contribution in [3.05, 3.63) is 87.2 Å². The molecule has 0 fully saturated rings. The summed E-state index contributed by atoms with van der Waals surface area (Å²) in [7, 11) is 0. The summed E-state index contributed by atoms with van der Waals surface area (Å²) in [5.74, 6) is 0.162. The number of aryl methyl sites for hydroxylation is 2. The SMILES string of the molecule is Cc1cc(C)n2nc(Sc3ccc(C(=O)c4ccccc4)cc3[N+](=O)[O-])nc2n1. The molecule has 8 nitrogen and oxygen atoms in total. The Morgan fingerprint density at radius 2 is 1.79 bits per heavy atom. The van der Waals surface area contributed by atoms with Crippen LogP contribution in [0.15, 0.2) is 64.6 Å². The molecule has 4 aromatic rings. The molecule has 0 aliphatic rings. The van der Waals surface area contributed by atoms with Crippen molar-refractivity contribution in [3.8, 4) is 0 Å². The smallest absolute Gasteiger partial charge is 0.284 e. The monoisotopic (exact) mass is 405 g/mol. The Balaban J connectivity index is 1.70. The summed E-state index contributed by atoms with van der Waals surface area (Å²) in [4.78, 5) is 32.7. The molecule has 0 spiro atoms. The highest BCUT2D eigenvalue weighted by Gasteiger charge is 2.21. The number of nitrogens with zero attached hydrogens (tertiary/aromatic N) is 5. The van der Waals surface area contributed by atoms with Crippen LogP contribution in [-0.2, 0) is 0 Å². The molecule has 0 radical (unpaired) electrons. The number of nitro groups is 1. The maximum Gasteiger partial charge on any atom is 0.284 e. The standard InChI is InChI=1S/C20H15N5O3S/c1-12-10-13(2)24-19(21-12)22-20(23-24)29-17-9-8-15(11-16(17)25(27)28)18(26)14-6-4-3-5-7-14/h3-11H,1-2H3. The van der Waals surface area contributed by atoms with Gasteiger partial charge in [0.1, 0.15) is 0 Å². The second kappa shape index (κ2) is 7.44. The number of carbonyl (C=O) groups excluding carboxylic acids is 1. The van der Waals surface area contributed by atoms with Gasteiger partial charge in [-0.05, 0) is 43.8 Å². The molecule has 2 heterocycles. The van der Waals surface area contributed by atoms with Gasteiger partial charge in [0.25, 0.3) is 11.5 Å². The summed E-state index contributed by atoms with van der Waals surface area (Å²) >= 11 is 1.06. The molecule has 0 atom stereocenters. The van der Waals surface area contributed by atoms with E-state index >= 15 is 0 Å². The van der Waals surface area contributed by atoms with Crippen molar-refractivity contribution >= 4 is 29.0 Å². The first kappa shape index (κ1) is 18.8. The Kier molecular flexibility index (Phi) is 4.81. The van der Waals surface area contributed by atoms with Gasteiger partial charge in [0.2, 0.25) is 5.16 Å². The zero-order valence-electron chi connectivity index (χ0n) is 15.6. The summed E-state index contributed by atoms with van der Waals surface area (Å²) in [5, 5.41) is 16.3.